The van der Waals surface area contributed by atoms with E-state index >= 15 is 0 Å². The van der Waals surface area contributed by atoms with Crippen molar-refractivity contribution in [2.24, 2.45) is 7.05 Å². The molecule has 25 heavy (non-hydrogen) atoms. The Morgan fingerprint density at radius 2 is 2.08 bits per heavy atom. The van der Waals surface area contributed by atoms with Crippen LogP contribution in [0.15, 0.2) is 30.7 Å². The van der Waals surface area contributed by atoms with Gasteiger partial charge in [0.25, 0.3) is 5.91 Å². The van der Waals surface area contributed by atoms with Gasteiger partial charge < -0.3 is 19.9 Å². The van der Waals surface area contributed by atoms with Crippen molar-refractivity contribution in [1.82, 2.24) is 24.6 Å². The lowest BCUT2D eigenvalue weighted by molar-refractivity contribution is -0.127. The van der Waals surface area contributed by atoms with Gasteiger partial charge in [0.2, 0.25) is 5.91 Å². The van der Waals surface area contributed by atoms with Crippen LogP contribution in [0.5, 0.6) is 0 Å². The molecule has 2 aromatic heterocycles. The Morgan fingerprint density at radius 3 is 2.76 bits per heavy atom. The standard InChI is InChI=1S/C17H23N5O3/c1-18-14(23)10-17(25)6-5-9-22(12-17)16(24)13-11-19-20(2)15(13)21-7-3-4-8-21/h3-4,7-8,11,25H,5-6,9-10,12H2,1-2H3,(H,18,23). The molecule has 1 unspecified atom stereocenters. The van der Waals surface area contributed by atoms with Crippen LogP contribution in [0.4, 0.5) is 0 Å². The van der Waals surface area contributed by atoms with Crippen molar-refractivity contribution in [1.29, 1.82) is 0 Å². The molecule has 0 bridgehead atoms. The number of likely N-dealkylation sites (tertiary alicyclic amines) is 1. The topological polar surface area (TPSA) is 92.4 Å². The van der Waals surface area contributed by atoms with Crippen LogP contribution in [0.3, 0.4) is 0 Å². The third kappa shape index (κ3) is 3.43. The molecule has 1 fully saturated rings. The Kier molecular flexibility index (Phi) is 4.63. The fourth-order valence-corrected chi connectivity index (χ4v) is 3.35. The number of aryl methyl sites for hydroxylation is 1. The van der Waals surface area contributed by atoms with Gasteiger partial charge in [-0.1, -0.05) is 0 Å². The van der Waals surface area contributed by atoms with E-state index in [1.165, 1.54) is 7.05 Å². The molecule has 2 amide bonds. The smallest absolute Gasteiger partial charge is 0.259 e. The van der Waals surface area contributed by atoms with E-state index in [0.29, 0.717) is 30.8 Å². The normalized spacial score (nSPS) is 20.5. The van der Waals surface area contributed by atoms with Gasteiger partial charge in [0.05, 0.1) is 24.8 Å². The fourth-order valence-electron chi connectivity index (χ4n) is 3.35. The molecule has 8 nitrogen and oxygen atoms in total. The minimum Gasteiger partial charge on any atom is -0.388 e. The molecular weight excluding hydrogens is 322 g/mol. The van der Waals surface area contributed by atoms with Gasteiger partial charge in [-0.05, 0) is 25.0 Å². The Hall–Kier alpha value is -2.61. The third-order valence-electron chi connectivity index (χ3n) is 4.60. The van der Waals surface area contributed by atoms with Crippen molar-refractivity contribution >= 4 is 11.8 Å². The summed E-state index contributed by atoms with van der Waals surface area (Å²) >= 11 is 0. The number of piperidine rings is 1. The molecular formula is C17H23N5O3. The summed E-state index contributed by atoms with van der Waals surface area (Å²) in [5.41, 5.74) is -0.716. The number of nitrogens with zero attached hydrogens (tertiary/aromatic N) is 4. The number of hydrogen-bond donors (Lipinski definition) is 2. The summed E-state index contributed by atoms with van der Waals surface area (Å²) in [6.07, 6.45) is 6.40. The number of nitrogens with one attached hydrogen (secondary N) is 1. The van der Waals surface area contributed by atoms with Gasteiger partial charge in [-0.3, -0.25) is 14.3 Å². The summed E-state index contributed by atoms with van der Waals surface area (Å²) in [5, 5.41) is 17.5. The molecule has 1 saturated heterocycles. The van der Waals surface area contributed by atoms with Gasteiger partial charge in [-0.25, -0.2) is 0 Å². The highest BCUT2D eigenvalue weighted by atomic mass is 16.3. The van der Waals surface area contributed by atoms with Crippen molar-refractivity contribution in [2.75, 3.05) is 20.1 Å². The summed E-state index contributed by atoms with van der Waals surface area (Å²) < 4.78 is 3.48. The molecule has 2 N–H and O–H groups in total. The quantitative estimate of drug-likeness (QED) is 0.834. The van der Waals surface area contributed by atoms with Gasteiger partial charge >= 0.3 is 0 Å². The largest absolute Gasteiger partial charge is 0.388 e. The molecule has 1 atom stereocenters. The summed E-state index contributed by atoms with van der Waals surface area (Å²) in [6.45, 7) is 0.689. The predicted octanol–water partition coefficient (Wildman–Crippen LogP) is 0.314. The number of carbonyl (C=O) groups is 2. The first-order chi connectivity index (χ1) is 11.9. The first-order valence-electron chi connectivity index (χ1n) is 8.31. The first-order valence-corrected chi connectivity index (χ1v) is 8.31. The summed E-state index contributed by atoms with van der Waals surface area (Å²) in [4.78, 5) is 26.3. The second-order valence-electron chi connectivity index (χ2n) is 6.50. The van der Waals surface area contributed by atoms with Crippen molar-refractivity contribution < 1.29 is 14.7 Å². The number of carbonyl (C=O) groups excluding carboxylic acids is 2. The van der Waals surface area contributed by atoms with E-state index in [1.807, 2.05) is 29.1 Å². The molecule has 3 heterocycles. The molecule has 0 aromatic carbocycles. The number of β-amino-alcohol motifs (C(OH)–C–C–N with tert-alkyl or cyclic N) is 1. The van der Waals surface area contributed by atoms with Crippen molar-refractivity contribution in [2.45, 2.75) is 24.9 Å². The van der Waals surface area contributed by atoms with Crippen LogP contribution >= 0.6 is 0 Å². The van der Waals surface area contributed by atoms with E-state index < -0.39 is 5.60 Å². The van der Waals surface area contributed by atoms with Crippen LogP contribution in [0.25, 0.3) is 5.82 Å². The van der Waals surface area contributed by atoms with E-state index in [9.17, 15) is 14.7 Å². The average molecular weight is 345 g/mol. The third-order valence-corrected chi connectivity index (χ3v) is 4.60. The zero-order valence-corrected chi connectivity index (χ0v) is 14.5. The molecule has 0 aliphatic carbocycles. The second kappa shape index (κ2) is 6.72. The maximum absolute atomic E-state index is 13.0. The Morgan fingerprint density at radius 1 is 1.36 bits per heavy atom. The Labute approximate surface area is 146 Å². The van der Waals surface area contributed by atoms with Crippen LogP contribution in [-0.2, 0) is 11.8 Å². The van der Waals surface area contributed by atoms with Crippen LogP contribution in [-0.4, -0.2) is 61.9 Å². The molecule has 8 heteroatoms. The Balaban J connectivity index is 1.83. The zero-order valence-electron chi connectivity index (χ0n) is 14.5. The maximum atomic E-state index is 13.0. The van der Waals surface area contributed by atoms with Gasteiger partial charge in [0, 0.05) is 33.0 Å². The van der Waals surface area contributed by atoms with Crippen LogP contribution in [0.1, 0.15) is 29.6 Å². The zero-order chi connectivity index (χ0) is 18.0. The minimum absolute atomic E-state index is 0.00915. The first kappa shape index (κ1) is 17.2. The maximum Gasteiger partial charge on any atom is 0.259 e. The van der Waals surface area contributed by atoms with E-state index in [0.717, 1.165) is 0 Å². The Bertz CT molecular complexity index is 767. The number of aromatic nitrogens is 3. The number of hydrogen-bond acceptors (Lipinski definition) is 4. The molecule has 0 spiro atoms. The summed E-state index contributed by atoms with van der Waals surface area (Å²) in [6, 6.07) is 3.76. The summed E-state index contributed by atoms with van der Waals surface area (Å²) in [5.74, 6) is 0.258. The number of amides is 2. The molecule has 2 aromatic rings. The number of aliphatic hydroxyl groups is 1. The lowest BCUT2D eigenvalue weighted by Gasteiger charge is -2.38. The highest BCUT2D eigenvalue weighted by Gasteiger charge is 2.38. The lowest BCUT2D eigenvalue weighted by atomic mass is 9.89. The predicted molar refractivity (Wildman–Crippen MR) is 91.3 cm³/mol. The monoisotopic (exact) mass is 345 g/mol. The van der Waals surface area contributed by atoms with E-state index in [2.05, 4.69) is 10.4 Å². The van der Waals surface area contributed by atoms with Gasteiger partial charge in [-0.2, -0.15) is 5.10 Å². The summed E-state index contributed by atoms with van der Waals surface area (Å²) in [7, 11) is 3.32. The van der Waals surface area contributed by atoms with E-state index in [1.54, 1.807) is 22.8 Å². The molecule has 3 rings (SSSR count). The SMILES string of the molecule is CNC(=O)CC1(O)CCCN(C(=O)c2cnn(C)c2-n2cccc2)C1. The van der Waals surface area contributed by atoms with Gasteiger partial charge in [0.1, 0.15) is 11.4 Å². The van der Waals surface area contributed by atoms with Crippen LogP contribution in [0, 0.1) is 0 Å². The van der Waals surface area contributed by atoms with Crippen LogP contribution in [0.2, 0.25) is 0 Å². The van der Waals surface area contributed by atoms with Gasteiger partial charge in [0.15, 0.2) is 0 Å². The molecule has 1 aliphatic rings. The minimum atomic E-state index is -1.19. The second-order valence-corrected chi connectivity index (χ2v) is 6.50. The van der Waals surface area contributed by atoms with E-state index in [4.69, 9.17) is 0 Å². The molecule has 0 saturated carbocycles. The van der Waals surface area contributed by atoms with Crippen molar-refractivity contribution in [3.8, 4) is 5.82 Å². The van der Waals surface area contributed by atoms with Gasteiger partial charge in [-0.15, -0.1) is 0 Å². The van der Waals surface area contributed by atoms with Crippen molar-refractivity contribution in [3.05, 3.63) is 36.3 Å². The number of rotatable bonds is 4. The molecule has 134 valence electrons. The van der Waals surface area contributed by atoms with E-state index in [-0.39, 0.29) is 24.8 Å². The molecule has 0 radical (unpaired) electrons. The highest BCUT2D eigenvalue weighted by molar-refractivity contribution is 5.97. The average Bonchev–Trinajstić information content (AvgIpc) is 3.22. The van der Waals surface area contributed by atoms with Crippen LogP contribution < -0.4 is 5.32 Å². The molecule has 1 aliphatic heterocycles. The highest BCUT2D eigenvalue weighted by Crippen LogP contribution is 2.27. The fraction of sp³-hybridized carbons (Fsp3) is 0.471. The lowest BCUT2D eigenvalue weighted by Crippen LogP contribution is -2.52. The van der Waals surface area contributed by atoms with Crippen molar-refractivity contribution in [3.63, 3.8) is 0 Å².